The summed E-state index contributed by atoms with van der Waals surface area (Å²) in [4.78, 5) is 2.36. The van der Waals surface area contributed by atoms with E-state index in [2.05, 4.69) is 49.1 Å². The SMILES string of the molecule is CCN(CC)CCOc1cccc(-c2cc(-c3ccc(OC)cc3)nn2-c2ccccc2)c1. The highest BCUT2D eigenvalue weighted by molar-refractivity contribution is 5.71. The Morgan fingerprint density at radius 2 is 1.55 bits per heavy atom. The fourth-order valence-corrected chi connectivity index (χ4v) is 3.83. The van der Waals surface area contributed by atoms with E-state index < -0.39 is 0 Å². The second-order valence-corrected chi connectivity index (χ2v) is 7.79. The molecule has 33 heavy (non-hydrogen) atoms. The van der Waals surface area contributed by atoms with Gasteiger partial charge in [-0.3, -0.25) is 0 Å². The zero-order chi connectivity index (χ0) is 23.0. The minimum absolute atomic E-state index is 0.667. The Morgan fingerprint density at radius 1 is 0.788 bits per heavy atom. The smallest absolute Gasteiger partial charge is 0.120 e. The maximum absolute atomic E-state index is 6.08. The summed E-state index contributed by atoms with van der Waals surface area (Å²) in [6.45, 7) is 8.00. The molecule has 170 valence electrons. The number of benzene rings is 3. The maximum Gasteiger partial charge on any atom is 0.120 e. The van der Waals surface area contributed by atoms with Crippen LogP contribution in [0.15, 0.2) is 84.9 Å². The van der Waals surface area contributed by atoms with Crippen LogP contribution in [0, 0.1) is 0 Å². The Bertz CT molecular complexity index is 1150. The van der Waals surface area contributed by atoms with E-state index in [1.165, 1.54) is 0 Å². The van der Waals surface area contributed by atoms with E-state index >= 15 is 0 Å². The van der Waals surface area contributed by atoms with Crippen LogP contribution in [0.1, 0.15) is 13.8 Å². The Hall–Kier alpha value is -3.57. The first-order chi connectivity index (χ1) is 16.2. The Kier molecular flexibility index (Phi) is 7.43. The van der Waals surface area contributed by atoms with Gasteiger partial charge in [0, 0.05) is 17.7 Å². The summed E-state index contributed by atoms with van der Waals surface area (Å²) in [5.74, 6) is 1.70. The molecule has 0 N–H and O–H groups in total. The normalized spacial score (nSPS) is 11.0. The van der Waals surface area contributed by atoms with E-state index in [-0.39, 0.29) is 0 Å². The van der Waals surface area contributed by atoms with Crippen LogP contribution in [0.5, 0.6) is 11.5 Å². The molecule has 0 bridgehead atoms. The lowest BCUT2D eigenvalue weighted by Gasteiger charge is -2.18. The largest absolute Gasteiger partial charge is 0.497 e. The van der Waals surface area contributed by atoms with Gasteiger partial charge in [-0.1, -0.05) is 44.2 Å². The summed E-state index contributed by atoms with van der Waals surface area (Å²) in [5, 5.41) is 4.95. The van der Waals surface area contributed by atoms with E-state index in [4.69, 9.17) is 14.6 Å². The van der Waals surface area contributed by atoms with Crippen LogP contribution in [0.25, 0.3) is 28.2 Å². The monoisotopic (exact) mass is 441 g/mol. The second-order valence-electron chi connectivity index (χ2n) is 7.79. The van der Waals surface area contributed by atoms with E-state index in [1.54, 1.807) is 7.11 Å². The van der Waals surface area contributed by atoms with Gasteiger partial charge in [0.1, 0.15) is 18.1 Å². The van der Waals surface area contributed by atoms with Crippen molar-refractivity contribution < 1.29 is 9.47 Å². The number of likely N-dealkylation sites (N-methyl/N-ethyl adjacent to an activating group) is 1. The zero-order valence-corrected chi connectivity index (χ0v) is 19.6. The first-order valence-electron chi connectivity index (χ1n) is 11.5. The first kappa shape index (κ1) is 22.6. The van der Waals surface area contributed by atoms with Gasteiger partial charge >= 0.3 is 0 Å². The van der Waals surface area contributed by atoms with Gasteiger partial charge < -0.3 is 14.4 Å². The molecule has 0 saturated carbocycles. The molecule has 4 rings (SSSR count). The number of hydrogen-bond acceptors (Lipinski definition) is 4. The van der Waals surface area contributed by atoms with Crippen LogP contribution in [0.3, 0.4) is 0 Å². The molecule has 1 aromatic heterocycles. The minimum atomic E-state index is 0.667. The van der Waals surface area contributed by atoms with Crippen molar-refractivity contribution in [1.82, 2.24) is 14.7 Å². The fourth-order valence-electron chi connectivity index (χ4n) is 3.83. The average molecular weight is 442 g/mol. The van der Waals surface area contributed by atoms with Crippen LogP contribution in [-0.2, 0) is 0 Å². The van der Waals surface area contributed by atoms with E-state index in [9.17, 15) is 0 Å². The predicted molar refractivity (Wildman–Crippen MR) is 134 cm³/mol. The van der Waals surface area contributed by atoms with Crippen LogP contribution in [0.4, 0.5) is 0 Å². The summed E-state index contributed by atoms with van der Waals surface area (Å²) in [6.07, 6.45) is 0. The molecule has 5 nitrogen and oxygen atoms in total. The van der Waals surface area contributed by atoms with Crippen LogP contribution in [0.2, 0.25) is 0 Å². The number of aromatic nitrogens is 2. The lowest BCUT2D eigenvalue weighted by molar-refractivity contribution is 0.223. The standard InChI is InChI=1S/C28H31N3O2/c1-4-30(5-2)18-19-33-26-13-9-10-23(20-26)28-21-27(22-14-16-25(32-3)17-15-22)29-31(28)24-11-7-6-8-12-24/h6-17,20-21H,4-5,18-19H2,1-3H3. The van der Waals surface area contributed by atoms with Gasteiger partial charge in [0.25, 0.3) is 0 Å². The summed E-state index contributed by atoms with van der Waals surface area (Å²) in [6, 6.07) is 28.6. The van der Waals surface area contributed by atoms with E-state index in [1.807, 2.05) is 59.3 Å². The summed E-state index contributed by atoms with van der Waals surface area (Å²) < 4.78 is 13.4. The Labute approximate surface area is 196 Å². The molecule has 0 aliphatic rings. The number of ether oxygens (including phenoxy) is 2. The third kappa shape index (κ3) is 5.44. The molecule has 0 radical (unpaired) electrons. The molecule has 0 amide bonds. The van der Waals surface area contributed by atoms with Gasteiger partial charge in [-0.05, 0) is 67.7 Å². The third-order valence-electron chi connectivity index (χ3n) is 5.80. The van der Waals surface area contributed by atoms with Crippen molar-refractivity contribution in [3.05, 3.63) is 84.9 Å². The van der Waals surface area contributed by atoms with Crippen molar-refractivity contribution in [2.24, 2.45) is 0 Å². The number of methoxy groups -OCH3 is 1. The van der Waals surface area contributed by atoms with Crippen molar-refractivity contribution in [2.45, 2.75) is 13.8 Å². The number of rotatable bonds is 10. The van der Waals surface area contributed by atoms with Crippen LogP contribution >= 0.6 is 0 Å². The molecule has 5 heteroatoms. The summed E-state index contributed by atoms with van der Waals surface area (Å²) >= 11 is 0. The predicted octanol–water partition coefficient (Wildman–Crippen LogP) is 5.94. The quantitative estimate of drug-likeness (QED) is 0.306. The molecule has 1 heterocycles. The maximum atomic E-state index is 6.08. The second kappa shape index (κ2) is 10.8. The van der Waals surface area contributed by atoms with Gasteiger partial charge in [-0.2, -0.15) is 5.10 Å². The number of para-hydroxylation sites is 1. The van der Waals surface area contributed by atoms with Gasteiger partial charge in [0.15, 0.2) is 0 Å². The number of hydrogen-bond donors (Lipinski definition) is 0. The summed E-state index contributed by atoms with van der Waals surface area (Å²) in [5.41, 5.74) is 5.04. The molecular weight excluding hydrogens is 410 g/mol. The molecule has 0 atom stereocenters. The highest BCUT2D eigenvalue weighted by atomic mass is 16.5. The zero-order valence-electron chi connectivity index (χ0n) is 19.6. The highest BCUT2D eigenvalue weighted by Gasteiger charge is 2.14. The van der Waals surface area contributed by atoms with Crippen molar-refractivity contribution in [2.75, 3.05) is 33.4 Å². The van der Waals surface area contributed by atoms with Crippen molar-refractivity contribution in [3.63, 3.8) is 0 Å². The molecule has 0 unspecified atom stereocenters. The topological polar surface area (TPSA) is 39.5 Å². The molecule has 0 fully saturated rings. The van der Waals surface area contributed by atoms with Crippen molar-refractivity contribution in [1.29, 1.82) is 0 Å². The summed E-state index contributed by atoms with van der Waals surface area (Å²) in [7, 11) is 1.67. The van der Waals surface area contributed by atoms with Gasteiger partial charge in [0.2, 0.25) is 0 Å². The van der Waals surface area contributed by atoms with E-state index in [0.717, 1.165) is 59.3 Å². The molecule has 4 aromatic rings. The molecule has 3 aromatic carbocycles. The molecule has 0 spiro atoms. The van der Waals surface area contributed by atoms with Crippen LogP contribution in [-0.4, -0.2) is 48.0 Å². The number of nitrogens with zero attached hydrogens (tertiary/aromatic N) is 3. The molecule has 0 saturated heterocycles. The van der Waals surface area contributed by atoms with Gasteiger partial charge in [0.05, 0.1) is 24.2 Å². The molecule has 0 aliphatic heterocycles. The van der Waals surface area contributed by atoms with E-state index in [0.29, 0.717) is 6.61 Å². The van der Waals surface area contributed by atoms with Crippen molar-refractivity contribution >= 4 is 0 Å². The first-order valence-corrected chi connectivity index (χ1v) is 11.5. The third-order valence-corrected chi connectivity index (χ3v) is 5.80. The average Bonchev–Trinajstić information content (AvgIpc) is 3.33. The van der Waals surface area contributed by atoms with Crippen LogP contribution < -0.4 is 9.47 Å². The Balaban J connectivity index is 1.66. The molecular formula is C28H31N3O2. The lowest BCUT2D eigenvalue weighted by Crippen LogP contribution is -2.27. The lowest BCUT2D eigenvalue weighted by atomic mass is 10.1. The van der Waals surface area contributed by atoms with Gasteiger partial charge in [-0.25, -0.2) is 4.68 Å². The minimum Gasteiger partial charge on any atom is -0.497 e. The van der Waals surface area contributed by atoms with Crippen molar-refractivity contribution in [3.8, 4) is 39.7 Å². The van der Waals surface area contributed by atoms with Gasteiger partial charge in [-0.15, -0.1) is 0 Å². The molecule has 0 aliphatic carbocycles. The highest BCUT2D eigenvalue weighted by Crippen LogP contribution is 2.31. The fraction of sp³-hybridized carbons (Fsp3) is 0.250. The Morgan fingerprint density at radius 3 is 2.24 bits per heavy atom.